The van der Waals surface area contributed by atoms with E-state index in [1.54, 1.807) is 0 Å². The Bertz CT molecular complexity index is 178. The average molecular weight is 185 g/mol. The number of amides is 1. The van der Waals surface area contributed by atoms with E-state index in [0.717, 1.165) is 26.1 Å². The highest BCUT2D eigenvalue weighted by atomic mass is 16.1. The molecule has 0 aromatic rings. The Labute approximate surface area is 79.5 Å². The molecule has 1 rings (SSSR count). The van der Waals surface area contributed by atoms with Gasteiger partial charge in [-0.2, -0.15) is 0 Å². The van der Waals surface area contributed by atoms with Crippen molar-refractivity contribution in [1.82, 2.24) is 10.2 Å². The lowest BCUT2D eigenvalue weighted by Crippen LogP contribution is -2.48. The van der Waals surface area contributed by atoms with Gasteiger partial charge in [0.05, 0.1) is 6.04 Å². The maximum atomic E-state index is 11.0. The summed E-state index contributed by atoms with van der Waals surface area (Å²) in [5, 5.41) is 3.29. The quantitative estimate of drug-likeness (QED) is 0.623. The Morgan fingerprint density at radius 2 is 2.46 bits per heavy atom. The maximum absolute atomic E-state index is 11.0. The Morgan fingerprint density at radius 3 is 2.85 bits per heavy atom. The number of nitrogens with one attached hydrogen (secondary N) is 1. The average Bonchev–Trinajstić information content (AvgIpc) is 2.58. The monoisotopic (exact) mass is 185 g/mol. The van der Waals surface area contributed by atoms with Crippen LogP contribution in [0.2, 0.25) is 0 Å². The normalized spacial score (nSPS) is 25.0. The lowest BCUT2D eigenvalue weighted by atomic mass is 10.1. The van der Waals surface area contributed by atoms with Crippen LogP contribution in [0.3, 0.4) is 0 Å². The number of rotatable bonds is 4. The van der Waals surface area contributed by atoms with Gasteiger partial charge in [-0.25, -0.2) is 0 Å². The van der Waals surface area contributed by atoms with Gasteiger partial charge in [-0.3, -0.25) is 9.69 Å². The number of carbonyl (C=O) groups is 1. The van der Waals surface area contributed by atoms with Crippen LogP contribution in [0.5, 0.6) is 0 Å². The van der Waals surface area contributed by atoms with Gasteiger partial charge < -0.3 is 11.1 Å². The number of nitrogens with zero attached hydrogens (tertiary/aromatic N) is 1. The highest BCUT2D eigenvalue weighted by molar-refractivity contribution is 5.79. The van der Waals surface area contributed by atoms with Gasteiger partial charge in [-0.1, -0.05) is 6.92 Å². The molecule has 13 heavy (non-hydrogen) atoms. The number of carbonyl (C=O) groups excluding carboxylic acids is 1. The summed E-state index contributed by atoms with van der Waals surface area (Å²) in [5.41, 5.74) is 5.28. The van der Waals surface area contributed by atoms with E-state index in [1.165, 1.54) is 0 Å². The van der Waals surface area contributed by atoms with Crippen LogP contribution in [0.4, 0.5) is 0 Å². The number of hydrogen-bond acceptors (Lipinski definition) is 3. The molecule has 0 aromatic heterocycles. The van der Waals surface area contributed by atoms with Crippen molar-refractivity contribution in [3.05, 3.63) is 0 Å². The van der Waals surface area contributed by atoms with Gasteiger partial charge in [0.15, 0.2) is 0 Å². The first-order valence-corrected chi connectivity index (χ1v) is 4.92. The summed E-state index contributed by atoms with van der Waals surface area (Å²) in [7, 11) is 0. The van der Waals surface area contributed by atoms with E-state index in [1.807, 2.05) is 6.92 Å². The van der Waals surface area contributed by atoms with Gasteiger partial charge in [-0.05, 0) is 26.4 Å². The molecule has 1 fully saturated rings. The molecule has 0 aliphatic carbocycles. The summed E-state index contributed by atoms with van der Waals surface area (Å²) < 4.78 is 0. The standard InChI is InChI=1S/C9H19N3O/c1-3-12(7(2)9(10)13)8-4-5-11-6-8/h7-8,11H,3-6H2,1-2H3,(H2,10,13). The zero-order valence-electron chi connectivity index (χ0n) is 8.42. The third-order valence-corrected chi connectivity index (χ3v) is 2.78. The molecule has 0 radical (unpaired) electrons. The molecule has 2 atom stereocenters. The minimum Gasteiger partial charge on any atom is -0.368 e. The smallest absolute Gasteiger partial charge is 0.234 e. The Hall–Kier alpha value is -0.610. The van der Waals surface area contributed by atoms with Crippen molar-refractivity contribution in [2.75, 3.05) is 19.6 Å². The lowest BCUT2D eigenvalue weighted by molar-refractivity contribution is -0.123. The van der Waals surface area contributed by atoms with Crippen LogP contribution in [-0.2, 0) is 4.79 Å². The van der Waals surface area contributed by atoms with Crippen LogP contribution in [0, 0.1) is 0 Å². The van der Waals surface area contributed by atoms with E-state index >= 15 is 0 Å². The molecular formula is C9H19N3O. The van der Waals surface area contributed by atoms with Crippen molar-refractivity contribution in [3.8, 4) is 0 Å². The molecule has 1 amide bonds. The van der Waals surface area contributed by atoms with Gasteiger partial charge >= 0.3 is 0 Å². The molecule has 0 bridgehead atoms. The second-order valence-electron chi connectivity index (χ2n) is 3.56. The van der Waals surface area contributed by atoms with Gasteiger partial charge in [0.25, 0.3) is 0 Å². The lowest BCUT2D eigenvalue weighted by Gasteiger charge is -2.30. The Balaban J connectivity index is 2.54. The number of primary amides is 1. The van der Waals surface area contributed by atoms with Crippen molar-refractivity contribution in [2.24, 2.45) is 5.73 Å². The number of nitrogens with two attached hydrogens (primary N) is 1. The molecule has 0 spiro atoms. The third kappa shape index (κ3) is 2.42. The van der Waals surface area contributed by atoms with Crippen molar-refractivity contribution < 1.29 is 4.79 Å². The van der Waals surface area contributed by atoms with Crippen molar-refractivity contribution >= 4 is 5.91 Å². The second-order valence-corrected chi connectivity index (χ2v) is 3.56. The fourth-order valence-corrected chi connectivity index (χ4v) is 1.93. The van der Waals surface area contributed by atoms with Crippen LogP contribution >= 0.6 is 0 Å². The van der Waals surface area contributed by atoms with Gasteiger partial charge in [-0.15, -0.1) is 0 Å². The van der Waals surface area contributed by atoms with Crippen LogP contribution in [0.1, 0.15) is 20.3 Å². The van der Waals surface area contributed by atoms with E-state index in [9.17, 15) is 4.79 Å². The summed E-state index contributed by atoms with van der Waals surface area (Å²) in [6.07, 6.45) is 1.12. The zero-order chi connectivity index (χ0) is 9.84. The minimum atomic E-state index is -0.228. The van der Waals surface area contributed by atoms with Crippen molar-refractivity contribution in [1.29, 1.82) is 0 Å². The molecule has 4 nitrogen and oxygen atoms in total. The SMILES string of the molecule is CCN(C1CCNC1)C(C)C(N)=O. The first-order chi connectivity index (χ1) is 6.16. The zero-order valence-corrected chi connectivity index (χ0v) is 8.42. The molecule has 1 aliphatic heterocycles. The molecule has 1 aliphatic rings. The van der Waals surface area contributed by atoms with E-state index < -0.39 is 0 Å². The number of hydrogen-bond donors (Lipinski definition) is 2. The van der Waals surface area contributed by atoms with Gasteiger partial charge in [0, 0.05) is 12.6 Å². The third-order valence-electron chi connectivity index (χ3n) is 2.78. The summed E-state index contributed by atoms with van der Waals surface area (Å²) in [6.45, 7) is 6.86. The molecule has 76 valence electrons. The largest absolute Gasteiger partial charge is 0.368 e. The summed E-state index contributed by atoms with van der Waals surface area (Å²) in [5.74, 6) is -0.228. The fourth-order valence-electron chi connectivity index (χ4n) is 1.93. The van der Waals surface area contributed by atoms with E-state index in [4.69, 9.17) is 5.73 Å². The summed E-state index contributed by atoms with van der Waals surface area (Å²) in [6, 6.07) is 0.336. The van der Waals surface area contributed by atoms with Crippen molar-refractivity contribution in [3.63, 3.8) is 0 Å². The fraction of sp³-hybridized carbons (Fsp3) is 0.889. The predicted molar refractivity (Wildman–Crippen MR) is 52.3 cm³/mol. The molecule has 3 N–H and O–H groups in total. The Kier molecular flexibility index (Phi) is 3.69. The molecule has 2 unspecified atom stereocenters. The van der Waals surface area contributed by atoms with E-state index in [2.05, 4.69) is 17.1 Å². The predicted octanol–water partition coefficient (Wildman–Crippen LogP) is -0.456. The van der Waals surface area contributed by atoms with Crippen molar-refractivity contribution in [2.45, 2.75) is 32.4 Å². The van der Waals surface area contributed by atoms with Gasteiger partial charge in [0.2, 0.25) is 5.91 Å². The van der Waals surface area contributed by atoms with Crippen LogP contribution in [0.25, 0.3) is 0 Å². The first-order valence-electron chi connectivity index (χ1n) is 4.92. The molecule has 1 saturated heterocycles. The van der Waals surface area contributed by atoms with Crippen LogP contribution in [0.15, 0.2) is 0 Å². The molecular weight excluding hydrogens is 166 g/mol. The molecule has 0 saturated carbocycles. The van der Waals surface area contributed by atoms with Crippen LogP contribution < -0.4 is 11.1 Å². The molecule has 4 heteroatoms. The molecule has 1 heterocycles. The van der Waals surface area contributed by atoms with E-state index in [-0.39, 0.29) is 11.9 Å². The van der Waals surface area contributed by atoms with Gasteiger partial charge in [0.1, 0.15) is 0 Å². The Morgan fingerprint density at radius 1 is 1.77 bits per heavy atom. The summed E-state index contributed by atoms with van der Waals surface area (Å²) in [4.78, 5) is 13.2. The topological polar surface area (TPSA) is 58.4 Å². The minimum absolute atomic E-state index is 0.144. The maximum Gasteiger partial charge on any atom is 0.234 e. The molecule has 0 aromatic carbocycles. The first kappa shape index (κ1) is 10.5. The number of likely N-dealkylation sites (N-methyl/N-ethyl adjacent to an activating group) is 1. The highest BCUT2D eigenvalue weighted by Crippen LogP contribution is 2.11. The second kappa shape index (κ2) is 4.58. The van der Waals surface area contributed by atoms with E-state index in [0.29, 0.717) is 6.04 Å². The van der Waals surface area contributed by atoms with Crippen LogP contribution in [-0.4, -0.2) is 42.5 Å². The highest BCUT2D eigenvalue weighted by Gasteiger charge is 2.27. The summed E-state index contributed by atoms with van der Waals surface area (Å²) >= 11 is 0.